The summed E-state index contributed by atoms with van der Waals surface area (Å²) in [5, 5.41) is 3.30. The van der Waals surface area contributed by atoms with Gasteiger partial charge in [-0.15, -0.1) is 0 Å². The van der Waals surface area contributed by atoms with Crippen molar-refractivity contribution in [1.82, 2.24) is 10.2 Å². The quantitative estimate of drug-likeness (QED) is 0.622. The van der Waals surface area contributed by atoms with Crippen LogP contribution >= 0.6 is 0 Å². The predicted octanol–water partition coefficient (Wildman–Crippen LogP) is 1.88. The fourth-order valence-corrected chi connectivity index (χ4v) is 7.86. The van der Waals surface area contributed by atoms with E-state index in [9.17, 15) is 14.4 Å². The fourth-order valence-electron chi connectivity index (χ4n) is 7.86. The first-order chi connectivity index (χ1) is 12.5. The predicted molar refractivity (Wildman–Crippen MR) is 93.5 cm³/mol. The van der Waals surface area contributed by atoms with Crippen molar-refractivity contribution in [3.8, 4) is 0 Å². The van der Waals surface area contributed by atoms with E-state index < -0.39 is 0 Å². The zero-order valence-electron chi connectivity index (χ0n) is 15.0. The van der Waals surface area contributed by atoms with Crippen molar-refractivity contribution < 1.29 is 14.4 Å². The molecule has 7 aliphatic rings. The molecule has 138 valence electrons. The number of allylic oxidation sites excluding steroid dienone is 2. The second-order valence-electron chi connectivity index (χ2n) is 10.0. The number of likely N-dealkylation sites (tertiary alicyclic amines) is 1. The molecule has 1 heterocycles. The fraction of sp³-hybridized carbons (Fsp3) is 0.762. The van der Waals surface area contributed by atoms with Gasteiger partial charge in [0.1, 0.15) is 6.54 Å². The van der Waals surface area contributed by atoms with Gasteiger partial charge < -0.3 is 5.32 Å². The summed E-state index contributed by atoms with van der Waals surface area (Å²) in [6.07, 6.45) is 12.4. The smallest absolute Gasteiger partial charge is 0.240 e. The van der Waals surface area contributed by atoms with Crippen LogP contribution in [0.25, 0.3) is 0 Å². The molecule has 1 saturated heterocycles. The van der Waals surface area contributed by atoms with Crippen molar-refractivity contribution in [1.29, 1.82) is 0 Å². The summed E-state index contributed by atoms with van der Waals surface area (Å²) in [4.78, 5) is 39.6. The standard InChI is InChI=1S/C21H26N2O3/c24-16(22-21-7-11-3-12(8-21)5-13(4-11)9-21)10-23-19(25)17-14-1-2-15(6-14)18(17)20(23)26/h1-2,11-15,17-18H,3-10H2,(H,22,24). The number of nitrogens with one attached hydrogen (secondary N) is 1. The molecule has 26 heavy (non-hydrogen) atoms. The lowest BCUT2D eigenvalue weighted by Gasteiger charge is -2.57. The topological polar surface area (TPSA) is 66.5 Å². The summed E-state index contributed by atoms with van der Waals surface area (Å²) < 4.78 is 0. The molecule has 4 unspecified atom stereocenters. The Bertz CT molecular complexity index is 676. The first-order valence-electron chi connectivity index (χ1n) is 10.4. The van der Waals surface area contributed by atoms with Crippen LogP contribution in [0, 0.1) is 41.4 Å². The third kappa shape index (κ3) is 2.00. The molecule has 0 aromatic heterocycles. The van der Waals surface area contributed by atoms with E-state index in [4.69, 9.17) is 0 Å². The van der Waals surface area contributed by atoms with Crippen LogP contribution < -0.4 is 5.32 Å². The molecule has 5 saturated carbocycles. The van der Waals surface area contributed by atoms with Gasteiger partial charge in [0, 0.05) is 5.54 Å². The molecule has 6 bridgehead atoms. The van der Waals surface area contributed by atoms with E-state index >= 15 is 0 Å². The molecule has 7 rings (SSSR count). The van der Waals surface area contributed by atoms with Crippen LogP contribution in [0.1, 0.15) is 44.9 Å². The zero-order chi connectivity index (χ0) is 17.6. The first-order valence-corrected chi connectivity index (χ1v) is 10.4. The molecule has 6 fully saturated rings. The molecular weight excluding hydrogens is 328 g/mol. The van der Waals surface area contributed by atoms with Gasteiger partial charge in [-0.3, -0.25) is 19.3 Å². The Hall–Kier alpha value is -1.65. The largest absolute Gasteiger partial charge is 0.349 e. The van der Waals surface area contributed by atoms with Crippen molar-refractivity contribution >= 4 is 17.7 Å². The highest BCUT2D eigenvalue weighted by atomic mass is 16.2. The molecule has 3 amide bonds. The number of fused-ring (bicyclic) bond motifs is 5. The molecule has 1 aliphatic heterocycles. The van der Waals surface area contributed by atoms with E-state index in [0.717, 1.165) is 43.4 Å². The minimum Gasteiger partial charge on any atom is -0.349 e. The highest BCUT2D eigenvalue weighted by molar-refractivity contribution is 6.08. The van der Waals surface area contributed by atoms with Crippen LogP contribution in [0.5, 0.6) is 0 Å². The summed E-state index contributed by atoms with van der Waals surface area (Å²) >= 11 is 0. The number of rotatable bonds is 3. The summed E-state index contributed by atoms with van der Waals surface area (Å²) in [6.45, 7) is -0.0775. The van der Waals surface area contributed by atoms with Crippen LogP contribution in [0.3, 0.4) is 0 Å². The van der Waals surface area contributed by atoms with Gasteiger partial charge >= 0.3 is 0 Å². The summed E-state index contributed by atoms with van der Waals surface area (Å²) in [6, 6.07) is 0. The van der Waals surface area contributed by atoms with Crippen molar-refractivity contribution in [3.63, 3.8) is 0 Å². The van der Waals surface area contributed by atoms with E-state index in [-0.39, 0.29) is 53.5 Å². The van der Waals surface area contributed by atoms with Crippen molar-refractivity contribution in [3.05, 3.63) is 12.2 Å². The SMILES string of the molecule is O=C(CN1C(=O)C2C3C=CC(C3)C2C1=O)NC12CC3CC(CC(C3)C1)C2. The van der Waals surface area contributed by atoms with Crippen LogP contribution in [0.2, 0.25) is 0 Å². The number of nitrogens with zero attached hydrogens (tertiary/aromatic N) is 1. The minimum absolute atomic E-state index is 0.0614. The van der Waals surface area contributed by atoms with Gasteiger partial charge in [0.05, 0.1) is 11.8 Å². The van der Waals surface area contributed by atoms with Gasteiger partial charge in [0.2, 0.25) is 17.7 Å². The number of hydrogen-bond acceptors (Lipinski definition) is 3. The molecule has 0 spiro atoms. The molecule has 0 radical (unpaired) electrons. The summed E-state index contributed by atoms with van der Waals surface area (Å²) in [5.74, 6) is 1.93. The lowest BCUT2D eigenvalue weighted by Crippen LogP contribution is -2.61. The number of amides is 3. The van der Waals surface area contributed by atoms with Crippen LogP contribution in [-0.2, 0) is 14.4 Å². The van der Waals surface area contributed by atoms with Gasteiger partial charge in [-0.2, -0.15) is 0 Å². The van der Waals surface area contributed by atoms with E-state index in [0.29, 0.717) is 0 Å². The molecule has 0 aromatic rings. The van der Waals surface area contributed by atoms with Crippen LogP contribution in [0.4, 0.5) is 0 Å². The maximum atomic E-state index is 12.8. The zero-order valence-corrected chi connectivity index (χ0v) is 15.0. The Labute approximate surface area is 153 Å². The normalized spacial score (nSPS) is 50.0. The third-order valence-corrected chi connectivity index (χ3v) is 8.31. The van der Waals surface area contributed by atoms with E-state index in [1.807, 2.05) is 0 Å². The molecular formula is C21H26N2O3. The number of hydrogen-bond donors (Lipinski definition) is 1. The number of carbonyl (C=O) groups is 3. The molecule has 5 heteroatoms. The Morgan fingerprint density at radius 1 is 0.923 bits per heavy atom. The average Bonchev–Trinajstić information content (AvgIpc) is 3.23. The van der Waals surface area contributed by atoms with Crippen LogP contribution in [0.15, 0.2) is 12.2 Å². The second kappa shape index (κ2) is 4.99. The van der Waals surface area contributed by atoms with Crippen molar-refractivity contribution in [2.45, 2.75) is 50.5 Å². The second-order valence-corrected chi connectivity index (χ2v) is 10.0. The van der Waals surface area contributed by atoms with Crippen molar-refractivity contribution in [2.24, 2.45) is 41.4 Å². The number of carbonyl (C=O) groups excluding carboxylic acids is 3. The highest BCUT2D eigenvalue weighted by Crippen LogP contribution is 2.56. The van der Waals surface area contributed by atoms with Gasteiger partial charge in [0.15, 0.2) is 0 Å². The van der Waals surface area contributed by atoms with Gasteiger partial charge in [-0.25, -0.2) is 0 Å². The Kier molecular flexibility index (Phi) is 2.96. The van der Waals surface area contributed by atoms with Gasteiger partial charge in [0.25, 0.3) is 0 Å². The summed E-state index contributed by atoms with van der Waals surface area (Å²) in [5.41, 5.74) is -0.0614. The molecule has 5 nitrogen and oxygen atoms in total. The monoisotopic (exact) mass is 354 g/mol. The third-order valence-electron chi connectivity index (χ3n) is 8.31. The molecule has 0 aromatic carbocycles. The molecule has 1 N–H and O–H groups in total. The Morgan fingerprint density at radius 2 is 1.42 bits per heavy atom. The first kappa shape index (κ1) is 15.4. The van der Waals surface area contributed by atoms with Gasteiger partial charge in [-0.1, -0.05) is 12.2 Å². The summed E-state index contributed by atoms with van der Waals surface area (Å²) in [7, 11) is 0. The highest BCUT2D eigenvalue weighted by Gasteiger charge is 2.59. The van der Waals surface area contributed by atoms with E-state index in [2.05, 4.69) is 17.5 Å². The van der Waals surface area contributed by atoms with Crippen LogP contribution in [-0.4, -0.2) is 34.7 Å². The minimum atomic E-state index is -0.204. The van der Waals surface area contributed by atoms with Gasteiger partial charge in [-0.05, 0) is 74.5 Å². The van der Waals surface area contributed by atoms with E-state index in [1.165, 1.54) is 24.2 Å². The lowest BCUT2D eigenvalue weighted by atomic mass is 9.53. The lowest BCUT2D eigenvalue weighted by molar-refractivity contribution is -0.145. The number of imide groups is 1. The van der Waals surface area contributed by atoms with Crippen molar-refractivity contribution in [2.75, 3.05) is 6.54 Å². The molecule has 4 atom stereocenters. The maximum absolute atomic E-state index is 12.8. The Balaban J connectivity index is 1.17. The molecule has 6 aliphatic carbocycles. The maximum Gasteiger partial charge on any atom is 0.240 e. The van der Waals surface area contributed by atoms with E-state index in [1.54, 1.807) is 0 Å². The average molecular weight is 354 g/mol. The Morgan fingerprint density at radius 3 is 1.92 bits per heavy atom.